The van der Waals surface area contributed by atoms with Crippen LogP contribution in [0.2, 0.25) is 0 Å². The Hall–Kier alpha value is -1.90. The molecule has 1 aromatic rings. The molecule has 8 nitrogen and oxygen atoms in total. The Bertz CT molecular complexity index is 620. The third kappa shape index (κ3) is 4.34. The molecule has 0 bridgehead atoms. The minimum Gasteiger partial charge on any atom is -0.480 e. The molecule has 0 spiro atoms. The van der Waals surface area contributed by atoms with Gasteiger partial charge in [0.15, 0.2) is 0 Å². The van der Waals surface area contributed by atoms with Gasteiger partial charge in [-0.1, -0.05) is 0 Å². The summed E-state index contributed by atoms with van der Waals surface area (Å²) in [5.41, 5.74) is 0.854. The van der Waals surface area contributed by atoms with E-state index in [9.17, 15) is 18.0 Å². The number of amides is 1. The van der Waals surface area contributed by atoms with Crippen molar-refractivity contribution in [1.82, 2.24) is 15.1 Å². The van der Waals surface area contributed by atoms with Gasteiger partial charge in [-0.2, -0.15) is 5.10 Å². The van der Waals surface area contributed by atoms with Crippen molar-refractivity contribution in [1.29, 1.82) is 0 Å². The fraction of sp³-hybridized carbons (Fsp3) is 0.545. The van der Waals surface area contributed by atoms with Crippen LogP contribution in [0.25, 0.3) is 0 Å². The van der Waals surface area contributed by atoms with Crippen LogP contribution in [0.15, 0.2) is 6.20 Å². The van der Waals surface area contributed by atoms with E-state index in [0.717, 1.165) is 6.26 Å². The molecule has 2 N–H and O–H groups in total. The summed E-state index contributed by atoms with van der Waals surface area (Å²) in [6.45, 7) is 1.67. The van der Waals surface area contributed by atoms with Gasteiger partial charge >= 0.3 is 5.97 Å². The number of aliphatic carboxylic acids is 1. The van der Waals surface area contributed by atoms with Crippen LogP contribution in [0.5, 0.6) is 0 Å². The van der Waals surface area contributed by atoms with Gasteiger partial charge in [0.2, 0.25) is 0 Å². The lowest BCUT2D eigenvalue weighted by atomic mass is 10.2. The standard InChI is InChI=1S/C11H17N3O5S/c1-7-8(6-12-14(7)2)10(15)13-9(11(16)17)4-5-20(3,18)19/h6,9H,4-5H2,1-3H3,(H,13,15)(H,16,17). The maximum absolute atomic E-state index is 11.9. The van der Waals surface area contributed by atoms with Crippen LogP contribution < -0.4 is 5.32 Å². The zero-order valence-corrected chi connectivity index (χ0v) is 12.3. The van der Waals surface area contributed by atoms with E-state index in [4.69, 9.17) is 5.11 Å². The summed E-state index contributed by atoms with van der Waals surface area (Å²) >= 11 is 0. The van der Waals surface area contributed by atoms with Crippen LogP contribution in [0.4, 0.5) is 0 Å². The van der Waals surface area contributed by atoms with Crippen molar-refractivity contribution in [3.8, 4) is 0 Å². The fourth-order valence-electron chi connectivity index (χ4n) is 1.55. The summed E-state index contributed by atoms with van der Waals surface area (Å²) < 4.78 is 23.6. The normalized spacial score (nSPS) is 12.9. The Kier molecular flexibility index (Phi) is 4.88. The summed E-state index contributed by atoms with van der Waals surface area (Å²) in [5.74, 6) is -2.17. The molecule has 1 atom stereocenters. The molecule has 0 saturated carbocycles. The number of nitrogens with zero attached hydrogens (tertiary/aromatic N) is 2. The lowest BCUT2D eigenvalue weighted by Gasteiger charge is -2.13. The number of carboxylic acid groups (broad SMARTS) is 1. The first-order valence-electron chi connectivity index (χ1n) is 5.82. The number of rotatable bonds is 6. The molecule has 0 fully saturated rings. The zero-order valence-electron chi connectivity index (χ0n) is 11.5. The maximum Gasteiger partial charge on any atom is 0.326 e. The first-order valence-corrected chi connectivity index (χ1v) is 7.88. The number of hydrogen-bond acceptors (Lipinski definition) is 5. The quantitative estimate of drug-likeness (QED) is 0.720. The van der Waals surface area contributed by atoms with Crippen molar-refractivity contribution >= 4 is 21.7 Å². The zero-order chi connectivity index (χ0) is 15.5. The molecular weight excluding hydrogens is 286 g/mol. The third-order valence-electron chi connectivity index (χ3n) is 2.86. The number of hydrogen-bond donors (Lipinski definition) is 2. The van der Waals surface area contributed by atoms with E-state index in [2.05, 4.69) is 10.4 Å². The monoisotopic (exact) mass is 303 g/mol. The van der Waals surface area contributed by atoms with E-state index in [1.165, 1.54) is 10.9 Å². The second-order valence-corrected chi connectivity index (χ2v) is 6.81. The molecule has 1 unspecified atom stereocenters. The molecule has 0 aliphatic heterocycles. The van der Waals surface area contributed by atoms with Crippen molar-refractivity contribution in [3.05, 3.63) is 17.5 Å². The van der Waals surface area contributed by atoms with Gasteiger partial charge in [-0.3, -0.25) is 9.48 Å². The van der Waals surface area contributed by atoms with Gasteiger partial charge in [-0.05, 0) is 13.3 Å². The van der Waals surface area contributed by atoms with Gasteiger partial charge in [0, 0.05) is 19.0 Å². The minimum atomic E-state index is -3.29. The first-order chi connectivity index (χ1) is 9.11. The van der Waals surface area contributed by atoms with E-state index >= 15 is 0 Å². The molecule has 1 heterocycles. The van der Waals surface area contributed by atoms with E-state index in [0.29, 0.717) is 5.69 Å². The van der Waals surface area contributed by atoms with E-state index in [1.54, 1.807) is 14.0 Å². The smallest absolute Gasteiger partial charge is 0.326 e. The number of carbonyl (C=O) groups is 2. The molecular formula is C11H17N3O5S. The molecule has 0 aromatic carbocycles. The fourth-order valence-corrected chi connectivity index (χ4v) is 2.21. The topological polar surface area (TPSA) is 118 Å². The van der Waals surface area contributed by atoms with Crippen LogP contribution in [-0.4, -0.2) is 53.2 Å². The van der Waals surface area contributed by atoms with Crippen molar-refractivity contribution in [2.75, 3.05) is 12.0 Å². The van der Waals surface area contributed by atoms with E-state index < -0.39 is 27.8 Å². The number of aromatic nitrogens is 2. The molecule has 1 aromatic heterocycles. The Labute approximate surface area is 116 Å². The average Bonchev–Trinajstić information content (AvgIpc) is 2.63. The lowest BCUT2D eigenvalue weighted by Crippen LogP contribution is -2.42. The van der Waals surface area contributed by atoms with Crippen LogP contribution in [0.3, 0.4) is 0 Å². The van der Waals surface area contributed by atoms with Crippen LogP contribution >= 0.6 is 0 Å². The summed E-state index contributed by atoms with van der Waals surface area (Å²) in [7, 11) is -1.63. The van der Waals surface area contributed by atoms with Crippen LogP contribution in [0.1, 0.15) is 22.5 Å². The average molecular weight is 303 g/mol. The van der Waals surface area contributed by atoms with Gasteiger partial charge in [0.25, 0.3) is 5.91 Å². The van der Waals surface area contributed by atoms with Crippen molar-refractivity contribution in [3.63, 3.8) is 0 Å². The summed E-state index contributed by atoms with van der Waals surface area (Å²) in [4.78, 5) is 23.0. The van der Waals surface area contributed by atoms with Crippen molar-refractivity contribution < 1.29 is 23.1 Å². The number of nitrogens with one attached hydrogen (secondary N) is 1. The Balaban J connectivity index is 2.78. The van der Waals surface area contributed by atoms with E-state index in [1.807, 2.05) is 0 Å². The highest BCUT2D eigenvalue weighted by atomic mass is 32.2. The Morgan fingerprint density at radius 3 is 2.50 bits per heavy atom. The largest absolute Gasteiger partial charge is 0.480 e. The summed E-state index contributed by atoms with van der Waals surface area (Å²) in [6, 6.07) is -1.25. The Morgan fingerprint density at radius 2 is 2.10 bits per heavy atom. The summed E-state index contributed by atoms with van der Waals surface area (Å²) in [6.07, 6.45) is 2.17. The second kappa shape index (κ2) is 6.04. The number of carboxylic acids is 1. The molecule has 1 amide bonds. The van der Waals surface area contributed by atoms with Crippen LogP contribution in [-0.2, 0) is 21.7 Å². The van der Waals surface area contributed by atoms with Gasteiger partial charge in [0.05, 0.1) is 17.5 Å². The maximum atomic E-state index is 11.9. The molecule has 112 valence electrons. The molecule has 9 heteroatoms. The van der Waals surface area contributed by atoms with Crippen LogP contribution in [0, 0.1) is 6.92 Å². The summed E-state index contributed by atoms with van der Waals surface area (Å²) in [5, 5.41) is 15.2. The number of aryl methyl sites for hydroxylation is 1. The highest BCUT2D eigenvalue weighted by Crippen LogP contribution is 2.07. The third-order valence-corrected chi connectivity index (χ3v) is 3.84. The molecule has 20 heavy (non-hydrogen) atoms. The minimum absolute atomic E-state index is 0.181. The van der Waals surface area contributed by atoms with Crippen molar-refractivity contribution in [2.45, 2.75) is 19.4 Å². The molecule has 0 saturated heterocycles. The second-order valence-electron chi connectivity index (χ2n) is 4.55. The van der Waals surface area contributed by atoms with E-state index in [-0.39, 0.29) is 17.7 Å². The van der Waals surface area contributed by atoms with Gasteiger partial charge < -0.3 is 10.4 Å². The van der Waals surface area contributed by atoms with Gasteiger partial charge in [0.1, 0.15) is 15.9 Å². The van der Waals surface area contributed by atoms with Gasteiger partial charge in [-0.15, -0.1) is 0 Å². The van der Waals surface area contributed by atoms with Crippen molar-refractivity contribution in [2.24, 2.45) is 7.05 Å². The van der Waals surface area contributed by atoms with Gasteiger partial charge in [-0.25, -0.2) is 13.2 Å². The Morgan fingerprint density at radius 1 is 1.50 bits per heavy atom. The highest BCUT2D eigenvalue weighted by Gasteiger charge is 2.23. The number of sulfone groups is 1. The predicted molar refractivity (Wildman–Crippen MR) is 71.2 cm³/mol. The molecule has 0 aliphatic carbocycles. The predicted octanol–water partition coefficient (Wildman–Crippen LogP) is -0.654. The first kappa shape index (κ1) is 16.2. The molecule has 0 radical (unpaired) electrons. The SMILES string of the molecule is Cc1c(C(=O)NC(CCS(C)(=O)=O)C(=O)O)cnn1C. The molecule has 1 rings (SSSR count). The highest BCUT2D eigenvalue weighted by molar-refractivity contribution is 7.90. The molecule has 0 aliphatic rings. The number of carbonyl (C=O) groups excluding carboxylic acids is 1. The lowest BCUT2D eigenvalue weighted by molar-refractivity contribution is -0.139.